The molecule has 25 heavy (non-hydrogen) atoms. The number of rotatable bonds is 6. The number of fused-ring (bicyclic) bond motifs is 1. The molecule has 2 aromatic heterocycles. The predicted octanol–water partition coefficient (Wildman–Crippen LogP) is 3.34. The van der Waals surface area contributed by atoms with E-state index in [0.717, 1.165) is 0 Å². The first kappa shape index (κ1) is 16.6. The molecule has 0 saturated heterocycles. The molecule has 2 heterocycles. The van der Waals surface area contributed by atoms with Crippen LogP contribution in [0.25, 0.3) is 11.0 Å². The number of furan rings is 2. The highest BCUT2D eigenvalue weighted by molar-refractivity contribution is 6.13. The fraction of sp³-hybridized carbons (Fsp3) is 0.222. The first-order valence-corrected chi connectivity index (χ1v) is 7.92. The SMILES string of the molecule is CCOc1ccc2c(NC(=O)c3ccc(CC)o3)c(C(N)=O)oc2c1. The molecule has 0 spiro atoms. The summed E-state index contributed by atoms with van der Waals surface area (Å²) in [5.41, 5.74) is 5.98. The van der Waals surface area contributed by atoms with Crippen LogP contribution in [0.15, 0.2) is 39.2 Å². The second-order valence-electron chi connectivity index (χ2n) is 5.34. The first-order valence-electron chi connectivity index (χ1n) is 7.92. The molecule has 3 rings (SSSR count). The molecular weight excluding hydrogens is 324 g/mol. The van der Waals surface area contributed by atoms with E-state index in [-0.39, 0.29) is 17.2 Å². The van der Waals surface area contributed by atoms with Gasteiger partial charge in [-0.2, -0.15) is 0 Å². The molecule has 0 aliphatic heterocycles. The Morgan fingerprint density at radius 1 is 1.16 bits per heavy atom. The zero-order chi connectivity index (χ0) is 18.0. The molecule has 0 aliphatic carbocycles. The molecule has 0 aliphatic rings. The van der Waals surface area contributed by atoms with Crippen LogP contribution in [0.1, 0.15) is 40.7 Å². The second-order valence-corrected chi connectivity index (χ2v) is 5.34. The van der Waals surface area contributed by atoms with Gasteiger partial charge in [0.15, 0.2) is 5.76 Å². The van der Waals surface area contributed by atoms with Crippen molar-refractivity contribution in [1.82, 2.24) is 0 Å². The van der Waals surface area contributed by atoms with Gasteiger partial charge in [0.2, 0.25) is 5.76 Å². The largest absolute Gasteiger partial charge is 0.494 e. The number of hydrogen-bond acceptors (Lipinski definition) is 5. The summed E-state index contributed by atoms with van der Waals surface area (Å²) in [6, 6.07) is 8.37. The number of anilines is 1. The van der Waals surface area contributed by atoms with Crippen LogP contribution in [0.5, 0.6) is 5.75 Å². The van der Waals surface area contributed by atoms with Gasteiger partial charge in [-0.1, -0.05) is 6.92 Å². The predicted molar refractivity (Wildman–Crippen MR) is 91.9 cm³/mol. The Morgan fingerprint density at radius 2 is 1.96 bits per heavy atom. The van der Waals surface area contributed by atoms with Gasteiger partial charge in [0, 0.05) is 17.9 Å². The number of aryl methyl sites for hydroxylation is 1. The van der Waals surface area contributed by atoms with Crippen LogP contribution in [0, 0.1) is 0 Å². The van der Waals surface area contributed by atoms with Gasteiger partial charge < -0.3 is 24.6 Å². The van der Waals surface area contributed by atoms with Crippen LogP contribution >= 0.6 is 0 Å². The van der Waals surface area contributed by atoms with Gasteiger partial charge in [-0.15, -0.1) is 0 Å². The van der Waals surface area contributed by atoms with E-state index in [1.807, 2.05) is 13.8 Å². The van der Waals surface area contributed by atoms with Crippen molar-refractivity contribution in [2.45, 2.75) is 20.3 Å². The fourth-order valence-corrected chi connectivity index (χ4v) is 2.50. The van der Waals surface area contributed by atoms with Crippen molar-refractivity contribution in [2.24, 2.45) is 5.73 Å². The number of carbonyl (C=O) groups excluding carboxylic acids is 2. The molecular formula is C18H18N2O5. The highest BCUT2D eigenvalue weighted by atomic mass is 16.5. The molecule has 0 atom stereocenters. The lowest BCUT2D eigenvalue weighted by Gasteiger charge is -2.04. The summed E-state index contributed by atoms with van der Waals surface area (Å²) in [7, 11) is 0. The van der Waals surface area contributed by atoms with E-state index < -0.39 is 11.8 Å². The summed E-state index contributed by atoms with van der Waals surface area (Å²) in [5.74, 6) is 0.0405. The topological polar surface area (TPSA) is 108 Å². The smallest absolute Gasteiger partial charge is 0.291 e. The van der Waals surface area contributed by atoms with Crippen LogP contribution in [-0.2, 0) is 6.42 Å². The summed E-state index contributed by atoms with van der Waals surface area (Å²) >= 11 is 0. The number of nitrogens with one attached hydrogen (secondary N) is 1. The van der Waals surface area contributed by atoms with E-state index in [2.05, 4.69) is 5.32 Å². The van der Waals surface area contributed by atoms with Crippen LogP contribution in [-0.4, -0.2) is 18.4 Å². The lowest BCUT2D eigenvalue weighted by molar-refractivity contribution is 0.0977. The maximum Gasteiger partial charge on any atom is 0.291 e. The average Bonchev–Trinajstić information content (AvgIpc) is 3.20. The third-order valence-corrected chi connectivity index (χ3v) is 3.67. The Hall–Kier alpha value is -3.22. The lowest BCUT2D eigenvalue weighted by atomic mass is 10.2. The second kappa shape index (κ2) is 6.72. The fourth-order valence-electron chi connectivity index (χ4n) is 2.50. The van der Waals surface area contributed by atoms with Gasteiger partial charge in [0.1, 0.15) is 22.8 Å². The molecule has 7 nitrogen and oxygen atoms in total. The Balaban J connectivity index is 1.99. The summed E-state index contributed by atoms with van der Waals surface area (Å²) in [5, 5.41) is 3.20. The average molecular weight is 342 g/mol. The zero-order valence-corrected chi connectivity index (χ0v) is 13.9. The number of nitrogens with two attached hydrogens (primary N) is 1. The van der Waals surface area contributed by atoms with Crippen LogP contribution in [0.2, 0.25) is 0 Å². The minimum Gasteiger partial charge on any atom is -0.494 e. The molecule has 0 bridgehead atoms. The Labute approximate surface area is 143 Å². The number of hydrogen-bond donors (Lipinski definition) is 2. The van der Waals surface area contributed by atoms with Crippen LogP contribution in [0.3, 0.4) is 0 Å². The lowest BCUT2D eigenvalue weighted by Crippen LogP contribution is -2.16. The van der Waals surface area contributed by atoms with Crippen molar-refractivity contribution in [2.75, 3.05) is 11.9 Å². The number of ether oxygens (including phenoxy) is 1. The van der Waals surface area contributed by atoms with Crippen molar-refractivity contribution in [1.29, 1.82) is 0 Å². The van der Waals surface area contributed by atoms with Crippen LogP contribution in [0.4, 0.5) is 5.69 Å². The molecule has 2 amide bonds. The van der Waals surface area contributed by atoms with Gasteiger partial charge in [-0.3, -0.25) is 9.59 Å². The number of carbonyl (C=O) groups is 2. The maximum absolute atomic E-state index is 12.4. The van der Waals surface area contributed by atoms with Gasteiger partial charge in [-0.25, -0.2) is 0 Å². The Morgan fingerprint density at radius 3 is 2.60 bits per heavy atom. The van der Waals surface area contributed by atoms with Crippen molar-refractivity contribution in [3.05, 3.63) is 47.6 Å². The van der Waals surface area contributed by atoms with Crippen LogP contribution < -0.4 is 15.8 Å². The van der Waals surface area contributed by atoms with Crippen molar-refractivity contribution in [3.63, 3.8) is 0 Å². The Bertz CT molecular complexity index is 938. The number of amides is 2. The van der Waals surface area contributed by atoms with Crippen molar-refractivity contribution >= 4 is 28.5 Å². The van der Waals surface area contributed by atoms with E-state index in [1.165, 1.54) is 0 Å². The van der Waals surface area contributed by atoms with E-state index in [0.29, 0.717) is 35.5 Å². The highest BCUT2D eigenvalue weighted by Gasteiger charge is 2.22. The summed E-state index contributed by atoms with van der Waals surface area (Å²) < 4.78 is 16.3. The zero-order valence-electron chi connectivity index (χ0n) is 13.9. The van der Waals surface area contributed by atoms with E-state index in [1.54, 1.807) is 30.3 Å². The third kappa shape index (κ3) is 3.21. The molecule has 1 aromatic carbocycles. The van der Waals surface area contributed by atoms with Gasteiger partial charge in [-0.05, 0) is 31.2 Å². The summed E-state index contributed by atoms with van der Waals surface area (Å²) in [6.07, 6.45) is 0.675. The Kier molecular flexibility index (Phi) is 4.47. The normalized spacial score (nSPS) is 10.8. The molecule has 0 radical (unpaired) electrons. The molecule has 130 valence electrons. The molecule has 3 N–H and O–H groups in total. The highest BCUT2D eigenvalue weighted by Crippen LogP contribution is 2.33. The molecule has 7 heteroatoms. The molecule has 3 aromatic rings. The summed E-state index contributed by atoms with van der Waals surface area (Å²) in [4.78, 5) is 24.1. The number of benzene rings is 1. The third-order valence-electron chi connectivity index (χ3n) is 3.67. The maximum atomic E-state index is 12.4. The minimum atomic E-state index is -0.779. The summed E-state index contributed by atoms with van der Waals surface area (Å²) in [6.45, 7) is 4.28. The van der Waals surface area contributed by atoms with E-state index in [9.17, 15) is 9.59 Å². The first-order chi connectivity index (χ1) is 12.0. The molecule has 0 fully saturated rings. The van der Waals surface area contributed by atoms with E-state index in [4.69, 9.17) is 19.3 Å². The molecule has 0 unspecified atom stereocenters. The van der Waals surface area contributed by atoms with Crippen molar-refractivity contribution < 1.29 is 23.2 Å². The van der Waals surface area contributed by atoms with Gasteiger partial charge >= 0.3 is 0 Å². The molecule has 0 saturated carbocycles. The number of primary amides is 1. The van der Waals surface area contributed by atoms with Gasteiger partial charge in [0.05, 0.1) is 6.61 Å². The standard InChI is InChI=1S/C18H18N2O5/c1-3-10-6-8-13(24-10)18(22)20-15-12-7-5-11(23-4-2)9-14(12)25-16(15)17(19)21/h5-9H,3-4H2,1-2H3,(H2,19,21)(H,20,22). The van der Waals surface area contributed by atoms with E-state index >= 15 is 0 Å². The van der Waals surface area contributed by atoms with Crippen molar-refractivity contribution in [3.8, 4) is 5.75 Å². The monoisotopic (exact) mass is 342 g/mol. The van der Waals surface area contributed by atoms with Gasteiger partial charge in [0.25, 0.3) is 11.8 Å². The quantitative estimate of drug-likeness (QED) is 0.714. The minimum absolute atomic E-state index is 0.126.